The molecule has 0 fully saturated rings. The molecule has 0 saturated carbocycles. The Labute approximate surface area is 212 Å². The Kier molecular flexibility index (Phi) is 7.54. The highest BCUT2D eigenvalue weighted by atomic mass is 16.6. The van der Waals surface area contributed by atoms with Gasteiger partial charge >= 0.3 is 11.9 Å². The van der Waals surface area contributed by atoms with Crippen molar-refractivity contribution in [2.75, 3.05) is 0 Å². The predicted octanol–water partition coefficient (Wildman–Crippen LogP) is 5.59. The first-order valence-electron chi connectivity index (χ1n) is 11.4. The smallest absolute Gasteiger partial charge is 0.343 e. The molecule has 37 heavy (non-hydrogen) atoms. The van der Waals surface area contributed by atoms with Gasteiger partial charge in [-0.3, -0.25) is 9.59 Å². The SMILES string of the molecule is Cc1cccc(O)c1C(=O)CC(=O)c1ccc(OC(=O)c2ccccc2)c(OC(=O)c2ccccc2)c1. The lowest BCUT2D eigenvalue weighted by Crippen LogP contribution is -2.14. The Hall–Kier alpha value is -5.04. The Bertz CT molecular complexity index is 1450. The highest BCUT2D eigenvalue weighted by molar-refractivity contribution is 6.15. The number of carbonyl (C=O) groups is 4. The van der Waals surface area contributed by atoms with Crippen molar-refractivity contribution < 1.29 is 33.8 Å². The van der Waals surface area contributed by atoms with E-state index in [4.69, 9.17) is 9.47 Å². The monoisotopic (exact) mass is 494 g/mol. The number of aromatic hydroxyl groups is 1. The summed E-state index contributed by atoms with van der Waals surface area (Å²) >= 11 is 0. The van der Waals surface area contributed by atoms with Crippen LogP contribution in [0.5, 0.6) is 17.2 Å². The second-order valence-corrected chi connectivity index (χ2v) is 8.16. The number of hydrogen-bond acceptors (Lipinski definition) is 7. The molecule has 0 bridgehead atoms. The molecule has 0 aromatic heterocycles. The zero-order chi connectivity index (χ0) is 26.4. The van der Waals surface area contributed by atoms with E-state index in [1.165, 1.54) is 24.3 Å². The highest BCUT2D eigenvalue weighted by Gasteiger charge is 2.22. The number of phenolic OH excluding ortho intramolecular Hbond substituents is 1. The first-order valence-corrected chi connectivity index (χ1v) is 11.4. The van der Waals surface area contributed by atoms with Gasteiger partial charge in [0.2, 0.25) is 0 Å². The average molecular weight is 494 g/mol. The fraction of sp³-hybridized carbons (Fsp3) is 0.0667. The molecule has 1 N–H and O–H groups in total. The fourth-order valence-corrected chi connectivity index (χ4v) is 3.66. The van der Waals surface area contributed by atoms with Crippen molar-refractivity contribution in [1.29, 1.82) is 0 Å². The van der Waals surface area contributed by atoms with Gasteiger partial charge in [-0.1, -0.05) is 48.5 Å². The third-order valence-corrected chi connectivity index (χ3v) is 5.54. The van der Waals surface area contributed by atoms with E-state index in [1.54, 1.807) is 79.7 Å². The van der Waals surface area contributed by atoms with Gasteiger partial charge in [0.25, 0.3) is 0 Å². The molecule has 0 radical (unpaired) electrons. The number of ketones is 2. The Morgan fingerprint density at radius 2 is 1.19 bits per heavy atom. The molecule has 0 aliphatic rings. The summed E-state index contributed by atoms with van der Waals surface area (Å²) in [5.41, 5.74) is 1.21. The van der Waals surface area contributed by atoms with Crippen molar-refractivity contribution in [3.05, 3.63) is 125 Å². The van der Waals surface area contributed by atoms with Gasteiger partial charge in [0.1, 0.15) is 5.75 Å². The lowest BCUT2D eigenvalue weighted by atomic mass is 9.97. The molecular formula is C30H22O7. The summed E-state index contributed by atoms with van der Waals surface area (Å²) in [5.74, 6) is -2.95. The maximum absolute atomic E-state index is 13.0. The van der Waals surface area contributed by atoms with Crippen LogP contribution < -0.4 is 9.47 Å². The van der Waals surface area contributed by atoms with Crippen molar-refractivity contribution in [3.8, 4) is 17.2 Å². The van der Waals surface area contributed by atoms with Crippen molar-refractivity contribution in [3.63, 3.8) is 0 Å². The summed E-state index contributed by atoms with van der Waals surface area (Å²) in [4.78, 5) is 51.0. The Balaban J connectivity index is 1.62. The van der Waals surface area contributed by atoms with Crippen LogP contribution in [-0.4, -0.2) is 28.6 Å². The highest BCUT2D eigenvalue weighted by Crippen LogP contribution is 2.31. The topological polar surface area (TPSA) is 107 Å². The van der Waals surface area contributed by atoms with Gasteiger partial charge in [-0.25, -0.2) is 9.59 Å². The minimum absolute atomic E-state index is 0.0665. The summed E-state index contributed by atoms with van der Waals surface area (Å²) in [6.07, 6.45) is -0.520. The predicted molar refractivity (Wildman–Crippen MR) is 135 cm³/mol. The number of rotatable bonds is 8. The van der Waals surface area contributed by atoms with Gasteiger partial charge in [0.15, 0.2) is 23.1 Å². The molecule has 4 aromatic rings. The molecule has 0 unspecified atom stereocenters. The molecule has 0 aliphatic carbocycles. The van der Waals surface area contributed by atoms with E-state index in [1.807, 2.05) is 0 Å². The van der Waals surface area contributed by atoms with Crippen LogP contribution in [0.15, 0.2) is 97.1 Å². The number of hydrogen-bond donors (Lipinski definition) is 1. The van der Waals surface area contributed by atoms with Gasteiger partial charge < -0.3 is 14.6 Å². The first kappa shape index (κ1) is 25.1. The molecule has 0 saturated heterocycles. The van der Waals surface area contributed by atoms with E-state index in [9.17, 15) is 24.3 Å². The number of aryl methyl sites for hydroxylation is 1. The molecule has 0 atom stereocenters. The zero-order valence-corrected chi connectivity index (χ0v) is 19.8. The number of esters is 2. The van der Waals surface area contributed by atoms with Crippen LogP contribution in [0.2, 0.25) is 0 Å². The number of phenols is 1. The van der Waals surface area contributed by atoms with Crippen molar-refractivity contribution in [2.45, 2.75) is 13.3 Å². The quantitative estimate of drug-likeness (QED) is 0.147. The fourth-order valence-electron chi connectivity index (χ4n) is 3.66. The minimum Gasteiger partial charge on any atom is -0.507 e. The standard InChI is InChI=1S/C30H22O7/c1-19-9-8-14-23(31)28(19)25(33)18-24(32)22-15-16-26(36-29(34)20-10-4-2-5-11-20)27(17-22)37-30(35)21-12-6-3-7-13-21/h2-17,31H,18H2,1H3. The molecule has 7 heteroatoms. The largest absolute Gasteiger partial charge is 0.507 e. The summed E-state index contributed by atoms with van der Waals surface area (Å²) in [5, 5.41) is 10.1. The Morgan fingerprint density at radius 1 is 0.622 bits per heavy atom. The molecule has 4 rings (SSSR count). The van der Waals surface area contributed by atoms with E-state index in [0.717, 1.165) is 0 Å². The van der Waals surface area contributed by atoms with Crippen LogP contribution in [0.25, 0.3) is 0 Å². The van der Waals surface area contributed by atoms with Crippen molar-refractivity contribution in [1.82, 2.24) is 0 Å². The lowest BCUT2D eigenvalue weighted by molar-refractivity contribution is 0.0682. The second-order valence-electron chi connectivity index (χ2n) is 8.16. The van der Waals surface area contributed by atoms with Crippen molar-refractivity contribution >= 4 is 23.5 Å². The summed E-state index contributed by atoms with van der Waals surface area (Å²) in [6, 6.07) is 25.0. The molecule has 0 heterocycles. The second kappa shape index (κ2) is 11.1. The van der Waals surface area contributed by atoms with Gasteiger partial charge in [0, 0.05) is 5.56 Å². The maximum atomic E-state index is 13.0. The number of carbonyl (C=O) groups excluding carboxylic acids is 4. The minimum atomic E-state index is -0.719. The van der Waals surface area contributed by atoms with E-state index in [-0.39, 0.29) is 39.5 Å². The molecular weight excluding hydrogens is 472 g/mol. The third-order valence-electron chi connectivity index (χ3n) is 5.54. The van der Waals surface area contributed by atoms with E-state index >= 15 is 0 Å². The average Bonchev–Trinajstić information content (AvgIpc) is 2.90. The number of ether oxygens (including phenoxy) is 2. The zero-order valence-electron chi connectivity index (χ0n) is 19.8. The van der Waals surface area contributed by atoms with Gasteiger partial charge in [0.05, 0.1) is 23.1 Å². The molecule has 0 aliphatic heterocycles. The van der Waals surface area contributed by atoms with Crippen LogP contribution in [0.4, 0.5) is 0 Å². The maximum Gasteiger partial charge on any atom is 0.343 e. The van der Waals surface area contributed by atoms with Crippen LogP contribution in [0.1, 0.15) is 53.4 Å². The molecule has 0 spiro atoms. The van der Waals surface area contributed by atoms with Crippen LogP contribution in [0, 0.1) is 6.92 Å². The van der Waals surface area contributed by atoms with Crippen molar-refractivity contribution in [2.24, 2.45) is 0 Å². The lowest BCUT2D eigenvalue weighted by Gasteiger charge is -2.12. The number of benzene rings is 4. The van der Waals surface area contributed by atoms with Gasteiger partial charge in [-0.05, 0) is 61.0 Å². The van der Waals surface area contributed by atoms with Crippen LogP contribution in [0.3, 0.4) is 0 Å². The van der Waals surface area contributed by atoms with Gasteiger partial charge in [-0.2, -0.15) is 0 Å². The summed E-state index contributed by atoms with van der Waals surface area (Å²) in [6.45, 7) is 1.66. The normalized spacial score (nSPS) is 10.4. The van der Waals surface area contributed by atoms with E-state index in [0.29, 0.717) is 5.56 Å². The third kappa shape index (κ3) is 5.97. The van der Waals surface area contributed by atoms with Gasteiger partial charge in [-0.15, -0.1) is 0 Å². The van der Waals surface area contributed by atoms with Crippen LogP contribution >= 0.6 is 0 Å². The van der Waals surface area contributed by atoms with Crippen LogP contribution in [-0.2, 0) is 0 Å². The van der Waals surface area contributed by atoms with E-state index < -0.39 is 29.9 Å². The molecule has 7 nitrogen and oxygen atoms in total. The molecule has 0 amide bonds. The first-order chi connectivity index (χ1) is 17.8. The number of Topliss-reactive ketones (excluding diaryl/α,β-unsaturated/α-hetero) is 2. The van der Waals surface area contributed by atoms with E-state index in [2.05, 4.69) is 0 Å². The summed E-state index contributed by atoms with van der Waals surface area (Å²) < 4.78 is 11.0. The molecule has 184 valence electrons. The molecule has 4 aromatic carbocycles. The Morgan fingerprint density at radius 3 is 1.76 bits per heavy atom. The summed E-state index contributed by atoms with van der Waals surface area (Å²) in [7, 11) is 0.